The van der Waals surface area contributed by atoms with Gasteiger partial charge >= 0.3 is 0 Å². The molecule has 9 heteroatoms. The molecule has 0 atom stereocenters. The molecule has 36 heavy (non-hydrogen) atoms. The molecule has 1 fully saturated rings. The van der Waals surface area contributed by atoms with Crippen molar-refractivity contribution in [2.75, 3.05) is 13.7 Å². The van der Waals surface area contributed by atoms with E-state index in [1.807, 2.05) is 56.3 Å². The van der Waals surface area contributed by atoms with Gasteiger partial charge in [-0.05, 0) is 79.2 Å². The third-order valence-electron chi connectivity index (χ3n) is 5.37. The number of nitro groups is 1. The van der Waals surface area contributed by atoms with Gasteiger partial charge in [0, 0.05) is 19.2 Å². The number of nitrogens with zero attached hydrogens (tertiary/aromatic N) is 3. The van der Waals surface area contributed by atoms with E-state index in [0.29, 0.717) is 28.2 Å². The standard InChI is InChI=1S/C27H25N3O5S/c1-4-34-24-15-20(9-14-23(24)35-17-19-7-12-22(13-8-19)30(32)33)16-25-26(31)29(3)27(36-25)28-21-10-5-18(2)6-11-21/h5-16H,4,17H2,1-3H3/b25-16+,28-27?. The van der Waals surface area contributed by atoms with Crippen LogP contribution in [0.5, 0.6) is 11.5 Å². The number of likely N-dealkylation sites (N-methyl/N-ethyl adjacent to an activating group) is 1. The zero-order valence-corrected chi connectivity index (χ0v) is 21.0. The molecule has 3 aromatic carbocycles. The van der Waals surface area contributed by atoms with E-state index in [1.54, 1.807) is 30.1 Å². The highest BCUT2D eigenvalue weighted by Gasteiger charge is 2.30. The molecule has 0 saturated carbocycles. The number of aliphatic imine (C=N–C) groups is 1. The molecule has 0 N–H and O–H groups in total. The van der Waals surface area contributed by atoms with Crippen molar-refractivity contribution >= 4 is 40.3 Å². The van der Waals surface area contributed by atoms with Gasteiger partial charge in [-0.1, -0.05) is 23.8 Å². The number of rotatable bonds is 8. The molecule has 1 aliphatic rings. The molecule has 0 spiro atoms. The first-order chi connectivity index (χ1) is 17.3. The number of amidine groups is 1. The minimum Gasteiger partial charge on any atom is -0.490 e. The van der Waals surface area contributed by atoms with Gasteiger partial charge in [-0.2, -0.15) is 0 Å². The van der Waals surface area contributed by atoms with Gasteiger partial charge in [0.05, 0.1) is 22.1 Å². The van der Waals surface area contributed by atoms with Gasteiger partial charge in [0.2, 0.25) is 0 Å². The van der Waals surface area contributed by atoms with Gasteiger partial charge in [0.1, 0.15) is 6.61 Å². The maximum Gasteiger partial charge on any atom is 0.269 e. The Kier molecular flexibility index (Phi) is 7.70. The van der Waals surface area contributed by atoms with Crippen molar-refractivity contribution in [2.24, 2.45) is 4.99 Å². The Morgan fingerprint density at radius 3 is 2.42 bits per heavy atom. The number of benzene rings is 3. The average Bonchev–Trinajstić information content (AvgIpc) is 3.13. The molecule has 8 nitrogen and oxygen atoms in total. The van der Waals surface area contributed by atoms with Crippen LogP contribution in [0.4, 0.5) is 11.4 Å². The van der Waals surface area contributed by atoms with Gasteiger partial charge < -0.3 is 9.47 Å². The molecular weight excluding hydrogens is 478 g/mol. The molecule has 1 aliphatic heterocycles. The zero-order chi connectivity index (χ0) is 25.7. The Hall–Kier alpha value is -4.11. The van der Waals surface area contributed by atoms with Crippen molar-refractivity contribution in [1.29, 1.82) is 0 Å². The number of hydrogen-bond acceptors (Lipinski definition) is 7. The summed E-state index contributed by atoms with van der Waals surface area (Å²) in [5.74, 6) is 0.968. The van der Waals surface area contributed by atoms with Crippen molar-refractivity contribution < 1.29 is 19.2 Å². The average molecular weight is 504 g/mol. The van der Waals surface area contributed by atoms with Crippen LogP contribution in [0.15, 0.2) is 76.6 Å². The van der Waals surface area contributed by atoms with Crippen LogP contribution < -0.4 is 9.47 Å². The summed E-state index contributed by atoms with van der Waals surface area (Å²) in [6.07, 6.45) is 1.81. The number of thioether (sulfide) groups is 1. The molecule has 0 bridgehead atoms. The number of hydrogen-bond donors (Lipinski definition) is 0. The SMILES string of the molecule is CCOc1cc(/C=C2/SC(=Nc3ccc(C)cc3)N(C)C2=O)ccc1OCc1ccc([N+](=O)[O-])cc1. The van der Waals surface area contributed by atoms with Crippen molar-refractivity contribution in [2.45, 2.75) is 20.5 Å². The van der Waals surface area contributed by atoms with Crippen LogP contribution in [0.1, 0.15) is 23.6 Å². The monoisotopic (exact) mass is 503 g/mol. The number of non-ortho nitro benzene ring substituents is 1. The zero-order valence-electron chi connectivity index (χ0n) is 20.1. The van der Waals surface area contributed by atoms with Crippen LogP contribution in [-0.4, -0.2) is 34.6 Å². The number of carbonyl (C=O) groups excluding carboxylic acids is 1. The topological polar surface area (TPSA) is 94.3 Å². The lowest BCUT2D eigenvalue weighted by Crippen LogP contribution is -2.23. The highest BCUT2D eigenvalue weighted by atomic mass is 32.2. The van der Waals surface area contributed by atoms with E-state index in [2.05, 4.69) is 4.99 Å². The predicted octanol–water partition coefficient (Wildman–Crippen LogP) is 6.11. The molecule has 1 heterocycles. The molecule has 4 rings (SSSR count). The summed E-state index contributed by atoms with van der Waals surface area (Å²) in [4.78, 5) is 29.9. The van der Waals surface area contributed by atoms with Gasteiger partial charge in [0.25, 0.3) is 11.6 Å². The Balaban J connectivity index is 1.51. The van der Waals surface area contributed by atoms with E-state index in [1.165, 1.54) is 23.9 Å². The smallest absolute Gasteiger partial charge is 0.269 e. The van der Waals surface area contributed by atoms with E-state index in [0.717, 1.165) is 22.4 Å². The summed E-state index contributed by atoms with van der Waals surface area (Å²) >= 11 is 1.32. The van der Waals surface area contributed by atoms with E-state index >= 15 is 0 Å². The third kappa shape index (κ3) is 5.92. The second-order valence-corrected chi connectivity index (χ2v) is 9.07. The minimum atomic E-state index is -0.437. The quantitative estimate of drug-likeness (QED) is 0.209. The van der Waals surface area contributed by atoms with E-state index in [4.69, 9.17) is 9.47 Å². The lowest BCUT2D eigenvalue weighted by molar-refractivity contribution is -0.384. The highest BCUT2D eigenvalue weighted by Crippen LogP contribution is 2.35. The number of ether oxygens (including phenoxy) is 2. The van der Waals surface area contributed by atoms with Crippen molar-refractivity contribution in [3.8, 4) is 11.5 Å². The van der Waals surface area contributed by atoms with Crippen LogP contribution in [0.3, 0.4) is 0 Å². The lowest BCUT2D eigenvalue weighted by Gasteiger charge is -2.13. The molecule has 0 aromatic heterocycles. The summed E-state index contributed by atoms with van der Waals surface area (Å²) < 4.78 is 11.7. The van der Waals surface area contributed by atoms with Crippen molar-refractivity contribution in [1.82, 2.24) is 4.90 Å². The molecule has 1 saturated heterocycles. The first kappa shape index (κ1) is 25.0. The molecule has 0 aliphatic carbocycles. The highest BCUT2D eigenvalue weighted by molar-refractivity contribution is 8.18. The van der Waals surface area contributed by atoms with Crippen LogP contribution in [0, 0.1) is 17.0 Å². The molecule has 184 valence electrons. The van der Waals surface area contributed by atoms with E-state index in [-0.39, 0.29) is 18.2 Å². The van der Waals surface area contributed by atoms with Crippen LogP contribution >= 0.6 is 11.8 Å². The molecule has 0 unspecified atom stereocenters. The first-order valence-electron chi connectivity index (χ1n) is 11.3. The Morgan fingerprint density at radius 1 is 1.03 bits per heavy atom. The maximum absolute atomic E-state index is 12.8. The van der Waals surface area contributed by atoms with Crippen LogP contribution in [0.2, 0.25) is 0 Å². The van der Waals surface area contributed by atoms with Gasteiger partial charge in [-0.3, -0.25) is 19.8 Å². The lowest BCUT2D eigenvalue weighted by atomic mass is 10.1. The third-order valence-corrected chi connectivity index (χ3v) is 6.43. The summed E-state index contributed by atoms with van der Waals surface area (Å²) in [6.45, 7) is 4.57. The van der Waals surface area contributed by atoms with Crippen molar-refractivity contribution in [3.05, 3.63) is 98.4 Å². The Bertz CT molecular complexity index is 1330. The van der Waals surface area contributed by atoms with Gasteiger partial charge in [-0.25, -0.2) is 4.99 Å². The number of aryl methyl sites for hydroxylation is 1. The Labute approximate surface area is 213 Å². The van der Waals surface area contributed by atoms with Crippen LogP contribution in [0.25, 0.3) is 6.08 Å². The molecule has 0 radical (unpaired) electrons. The predicted molar refractivity (Wildman–Crippen MR) is 142 cm³/mol. The van der Waals surface area contributed by atoms with Gasteiger partial charge in [-0.15, -0.1) is 0 Å². The Morgan fingerprint density at radius 2 is 1.75 bits per heavy atom. The van der Waals surface area contributed by atoms with Gasteiger partial charge in [0.15, 0.2) is 16.7 Å². The summed E-state index contributed by atoms with van der Waals surface area (Å²) in [5.41, 5.74) is 3.56. The molecule has 1 amide bonds. The largest absolute Gasteiger partial charge is 0.490 e. The minimum absolute atomic E-state index is 0.0307. The molecular formula is C27H25N3O5S. The van der Waals surface area contributed by atoms with Crippen molar-refractivity contribution in [3.63, 3.8) is 0 Å². The summed E-state index contributed by atoms with van der Waals surface area (Å²) in [5, 5.41) is 11.4. The number of nitro benzene ring substituents is 1. The first-order valence-corrected chi connectivity index (χ1v) is 12.1. The second-order valence-electron chi connectivity index (χ2n) is 8.06. The van der Waals surface area contributed by atoms with E-state index in [9.17, 15) is 14.9 Å². The second kappa shape index (κ2) is 11.1. The number of amides is 1. The van der Waals surface area contributed by atoms with Crippen LogP contribution in [-0.2, 0) is 11.4 Å². The summed E-state index contributed by atoms with van der Waals surface area (Å²) in [6, 6.07) is 19.5. The van der Waals surface area contributed by atoms with E-state index < -0.39 is 4.92 Å². The summed E-state index contributed by atoms with van der Waals surface area (Å²) in [7, 11) is 1.71. The fourth-order valence-electron chi connectivity index (χ4n) is 3.41. The normalized spacial score (nSPS) is 15.5. The maximum atomic E-state index is 12.8. The molecule has 3 aromatic rings. The fourth-order valence-corrected chi connectivity index (χ4v) is 4.40. The fraction of sp³-hybridized carbons (Fsp3) is 0.185. The number of carbonyl (C=O) groups is 1.